The number of nitrogens with one attached hydrogen (secondary N) is 1. The smallest absolute Gasteiger partial charge is 0.243 e. The highest BCUT2D eigenvalue weighted by atomic mass is 32.2. The summed E-state index contributed by atoms with van der Waals surface area (Å²) in [6.07, 6.45) is 2.31. The summed E-state index contributed by atoms with van der Waals surface area (Å²) in [4.78, 5) is 4.15. The monoisotopic (exact) mass is 292 g/mol. The Morgan fingerprint density at radius 3 is 2.40 bits per heavy atom. The molecule has 0 aliphatic carbocycles. The van der Waals surface area contributed by atoms with E-state index in [0.29, 0.717) is 11.8 Å². The maximum atomic E-state index is 12.6. The molecule has 0 saturated heterocycles. The molecule has 1 heterocycles. The Morgan fingerprint density at radius 2 is 1.80 bits per heavy atom. The van der Waals surface area contributed by atoms with Crippen LogP contribution in [0.1, 0.15) is 32.8 Å². The fourth-order valence-electron chi connectivity index (χ4n) is 2.01. The third-order valence-corrected chi connectivity index (χ3v) is 5.16. The molecule has 0 atom stereocenters. The number of fused-ring (bicyclic) bond motifs is 1. The number of benzene rings is 1. The Bertz CT molecular complexity index is 737. The molecule has 0 saturated carbocycles. The average molecular weight is 292 g/mol. The largest absolute Gasteiger partial charge is 0.259 e. The third-order valence-electron chi connectivity index (χ3n) is 3.51. The van der Waals surface area contributed by atoms with Crippen LogP contribution in [0, 0.1) is 6.92 Å². The van der Waals surface area contributed by atoms with Crippen LogP contribution in [0.15, 0.2) is 35.5 Å². The second kappa shape index (κ2) is 5.14. The lowest BCUT2D eigenvalue weighted by molar-refractivity contribution is 0.439. The molecule has 1 aromatic carbocycles. The predicted octanol–water partition coefficient (Wildman–Crippen LogP) is 3.01. The minimum Gasteiger partial charge on any atom is -0.243 e. The van der Waals surface area contributed by atoms with Gasteiger partial charge in [0.25, 0.3) is 10.0 Å². The van der Waals surface area contributed by atoms with Crippen molar-refractivity contribution in [2.45, 2.75) is 44.7 Å². The first kappa shape index (κ1) is 14.9. The minimum absolute atomic E-state index is 0.0974. The van der Waals surface area contributed by atoms with Gasteiger partial charge in [0.2, 0.25) is 0 Å². The zero-order valence-electron chi connectivity index (χ0n) is 12.3. The fraction of sp³-hybridized carbons (Fsp3) is 0.400. The van der Waals surface area contributed by atoms with E-state index in [0.717, 1.165) is 10.9 Å². The number of hydrogen-bond acceptors (Lipinski definition) is 3. The SMILES string of the molecule is CCC(C)(C)NS(=O)(=O)c1ncc(C)c2ccccc12. The predicted molar refractivity (Wildman–Crippen MR) is 81.2 cm³/mol. The van der Waals surface area contributed by atoms with Crippen molar-refractivity contribution in [3.63, 3.8) is 0 Å². The van der Waals surface area contributed by atoms with Gasteiger partial charge < -0.3 is 0 Å². The molecule has 1 aromatic heterocycles. The maximum absolute atomic E-state index is 12.6. The Morgan fingerprint density at radius 1 is 1.20 bits per heavy atom. The molecule has 0 amide bonds. The molecule has 0 fully saturated rings. The van der Waals surface area contributed by atoms with Gasteiger partial charge >= 0.3 is 0 Å². The van der Waals surface area contributed by atoms with Crippen molar-refractivity contribution in [1.29, 1.82) is 0 Å². The van der Waals surface area contributed by atoms with Gasteiger partial charge in [-0.15, -0.1) is 0 Å². The molecule has 0 unspecified atom stereocenters. The molecule has 2 rings (SSSR count). The van der Waals surface area contributed by atoms with Gasteiger partial charge in [-0.2, -0.15) is 0 Å². The molecular weight excluding hydrogens is 272 g/mol. The molecule has 20 heavy (non-hydrogen) atoms. The number of pyridine rings is 1. The van der Waals surface area contributed by atoms with E-state index in [1.165, 1.54) is 0 Å². The minimum atomic E-state index is -3.63. The summed E-state index contributed by atoms with van der Waals surface area (Å²) in [6.45, 7) is 7.60. The first-order valence-corrected chi connectivity index (χ1v) is 8.13. The Kier molecular flexibility index (Phi) is 3.84. The molecule has 2 aromatic rings. The topological polar surface area (TPSA) is 59.1 Å². The fourth-order valence-corrected chi connectivity index (χ4v) is 3.63. The lowest BCUT2D eigenvalue weighted by Crippen LogP contribution is -2.43. The van der Waals surface area contributed by atoms with E-state index in [-0.39, 0.29) is 5.03 Å². The van der Waals surface area contributed by atoms with E-state index in [1.807, 2.05) is 45.9 Å². The Labute approximate surface area is 120 Å². The van der Waals surface area contributed by atoms with E-state index >= 15 is 0 Å². The first-order chi connectivity index (χ1) is 9.27. The summed E-state index contributed by atoms with van der Waals surface area (Å²) in [5.74, 6) is 0. The van der Waals surface area contributed by atoms with Crippen molar-refractivity contribution in [2.24, 2.45) is 0 Å². The number of aryl methyl sites for hydroxylation is 1. The lowest BCUT2D eigenvalue weighted by Gasteiger charge is -2.24. The second-order valence-electron chi connectivity index (χ2n) is 5.63. The van der Waals surface area contributed by atoms with Crippen LogP contribution in [-0.4, -0.2) is 18.9 Å². The number of hydrogen-bond donors (Lipinski definition) is 1. The number of sulfonamides is 1. The van der Waals surface area contributed by atoms with Crippen LogP contribution in [0.3, 0.4) is 0 Å². The Hall–Kier alpha value is -1.46. The third kappa shape index (κ3) is 2.83. The van der Waals surface area contributed by atoms with Crippen LogP contribution < -0.4 is 4.72 Å². The van der Waals surface area contributed by atoms with Gasteiger partial charge in [-0.25, -0.2) is 18.1 Å². The van der Waals surface area contributed by atoms with E-state index in [2.05, 4.69) is 9.71 Å². The van der Waals surface area contributed by atoms with Crippen LogP contribution in [-0.2, 0) is 10.0 Å². The normalized spacial score (nSPS) is 12.8. The molecule has 1 N–H and O–H groups in total. The van der Waals surface area contributed by atoms with Gasteiger partial charge in [0.1, 0.15) is 0 Å². The van der Waals surface area contributed by atoms with E-state index in [4.69, 9.17) is 0 Å². The van der Waals surface area contributed by atoms with Gasteiger partial charge in [0, 0.05) is 17.1 Å². The van der Waals surface area contributed by atoms with Gasteiger partial charge in [-0.3, -0.25) is 0 Å². The molecule has 0 aliphatic heterocycles. The molecule has 0 spiro atoms. The van der Waals surface area contributed by atoms with Crippen LogP contribution in [0.2, 0.25) is 0 Å². The summed E-state index contributed by atoms with van der Waals surface area (Å²) in [7, 11) is -3.63. The summed E-state index contributed by atoms with van der Waals surface area (Å²) >= 11 is 0. The number of nitrogens with zero attached hydrogens (tertiary/aromatic N) is 1. The number of aromatic nitrogens is 1. The lowest BCUT2D eigenvalue weighted by atomic mass is 10.0. The van der Waals surface area contributed by atoms with Crippen LogP contribution >= 0.6 is 0 Å². The zero-order valence-corrected chi connectivity index (χ0v) is 13.1. The van der Waals surface area contributed by atoms with Gasteiger partial charge in [-0.1, -0.05) is 31.2 Å². The van der Waals surface area contributed by atoms with Crippen molar-refractivity contribution in [3.05, 3.63) is 36.0 Å². The molecule has 4 nitrogen and oxygen atoms in total. The van der Waals surface area contributed by atoms with E-state index < -0.39 is 15.6 Å². The molecule has 5 heteroatoms. The van der Waals surface area contributed by atoms with Crippen LogP contribution in [0.5, 0.6) is 0 Å². The van der Waals surface area contributed by atoms with Crippen LogP contribution in [0.25, 0.3) is 10.8 Å². The molecular formula is C15H20N2O2S. The summed E-state index contributed by atoms with van der Waals surface area (Å²) < 4.78 is 27.8. The maximum Gasteiger partial charge on any atom is 0.259 e. The van der Waals surface area contributed by atoms with Crippen molar-refractivity contribution in [3.8, 4) is 0 Å². The summed E-state index contributed by atoms with van der Waals surface area (Å²) in [6, 6.07) is 7.43. The average Bonchev–Trinajstić information content (AvgIpc) is 2.38. The van der Waals surface area contributed by atoms with Crippen LogP contribution in [0.4, 0.5) is 0 Å². The second-order valence-corrected chi connectivity index (χ2v) is 7.23. The van der Waals surface area contributed by atoms with E-state index in [9.17, 15) is 8.42 Å². The van der Waals surface area contributed by atoms with E-state index in [1.54, 1.807) is 12.3 Å². The highest BCUT2D eigenvalue weighted by Gasteiger charge is 2.27. The van der Waals surface area contributed by atoms with Gasteiger partial charge in [0.15, 0.2) is 5.03 Å². The quantitative estimate of drug-likeness (QED) is 0.942. The number of rotatable bonds is 4. The standard InChI is InChI=1S/C15H20N2O2S/c1-5-15(3,4)17-20(18,19)14-13-9-7-6-8-12(13)11(2)10-16-14/h6-10,17H,5H2,1-4H3. The highest BCUT2D eigenvalue weighted by molar-refractivity contribution is 7.89. The molecule has 0 bridgehead atoms. The molecule has 108 valence electrons. The van der Waals surface area contributed by atoms with Gasteiger partial charge in [-0.05, 0) is 38.1 Å². The zero-order chi connectivity index (χ0) is 15.0. The van der Waals surface area contributed by atoms with Crippen molar-refractivity contribution in [2.75, 3.05) is 0 Å². The summed E-state index contributed by atoms with van der Waals surface area (Å²) in [5.41, 5.74) is 0.473. The van der Waals surface area contributed by atoms with Crippen molar-refractivity contribution >= 4 is 20.8 Å². The van der Waals surface area contributed by atoms with Gasteiger partial charge in [0.05, 0.1) is 0 Å². The first-order valence-electron chi connectivity index (χ1n) is 6.65. The summed E-state index contributed by atoms with van der Waals surface area (Å²) in [5, 5.41) is 1.67. The van der Waals surface area contributed by atoms with Crippen molar-refractivity contribution < 1.29 is 8.42 Å². The Balaban J connectivity index is 2.61. The molecule has 0 radical (unpaired) electrons. The highest BCUT2D eigenvalue weighted by Crippen LogP contribution is 2.24. The van der Waals surface area contributed by atoms with Crippen molar-refractivity contribution in [1.82, 2.24) is 9.71 Å². The molecule has 0 aliphatic rings.